The third-order valence-corrected chi connectivity index (χ3v) is 6.47. The zero-order chi connectivity index (χ0) is 24.9. The lowest BCUT2D eigenvalue weighted by Gasteiger charge is -2.32. The zero-order valence-corrected chi connectivity index (χ0v) is 21.3. The van der Waals surface area contributed by atoms with E-state index in [0.29, 0.717) is 67.1 Å². The lowest BCUT2D eigenvalue weighted by atomic mass is 9.96. The molecule has 1 atom stereocenters. The van der Waals surface area contributed by atoms with E-state index in [2.05, 4.69) is 22.4 Å². The summed E-state index contributed by atoms with van der Waals surface area (Å²) >= 11 is 12.7. The minimum absolute atomic E-state index is 0.0255. The number of carbonyl (C=O) groups is 2. The summed E-state index contributed by atoms with van der Waals surface area (Å²) < 4.78 is 11.2. The number of ether oxygens (including phenoxy) is 2. The third kappa shape index (κ3) is 6.79. The van der Waals surface area contributed by atoms with Crippen molar-refractivity contribution < 1.29 is 19.1 Å². The van der Waals surface area contributed by atoms with Gasteiger partial charge in [0.05, 0.1) is 10.0 Å². The minimum atomic E-state index is -0.539. The van der Waals surface area contributed by atoms with E-state index in [-0.39, 0.29) is 23.8 Å². The molecule has 1 saturated heterocycles. The summed E-state index contributed by atoms with van der Waals surface area (Å²) in [6, 6.07) is 3.50. The molecular formula is C24H32Cl2N4O4. The molecule has 0 aliphatic carbocycles. The molecular weight excluding hydrogens is 479 g/mol. The first-order valence-corrected chi connectivity index (χ1v) is 12.1. The largest absolute Gasteiger partial charge is 0.489 e. The number of amides is 2. The van der Waals surface area contributed by atoms with Gasteiger partial charge in [-0.05, 0) is 45.7 Å². The number of benzene rings is 1. The fourth-order valence-electron chi connectivity index (χ4n) is 3.96. The van der Waals surface area contributed by atoms with E-state index in [1.165, 1.54) is 0 Å². The predicted octanol–water partition coefficient (Wildman–Crippen LogP) is 4.71. The number of hydrogen-bond acceptors (Lipinski definition) is 6. The molecule has 3 rings (SSSR count). The van der Waals surface area contributed by atoms with Gasteiger partial charge in [0.25, 0.3) is 0 Å². The summed E-state index contributed by atoms with van der Waals surface area (Å²) in [5.41, 5.74) is 5.98. The molecule has 34 heavy (non-hydrogen) atoms. The summed E-state index contributed by atoms with van der Waals surface area (Å²) in [6.45, 7) is 11.0. The Morgan fingerprint density at radius 3 is 2.62 bits per heavy atom. The Labute approximate surface area is 210 Å². The van der Waals surface area contributed by atoms with Gasteiger partial charge >= 0.3 is 6.09 Å². The fourth-order valence-corrected chi connectivity index (χ4v) is 4.43. The number of carbonyl (C=O) groups excluding carboxylic acids is 2. The van der Waals surface area contributed by atoms with Gasteiger partial charge in [-0.25, -0.2) is 4.79 Å². The van der Waals surface area contributed by atoms with Gasteiger partial charge in [-0.3, -0.25) is 20.6 Å². The normalized spacial score (nSPS) is 18.8. The Bertz CT molecular complexity index is 953. The van der Waals surface area contributed by atoms with E-state index in [1.807, 2.05) is 20.8 Å². The summed E-state index contributed by atoms with van der Waals surface area (Å²) in [5.74, 6) is 0.977. The van der Waals surface area contributed by atoms with Crippen molar-refractivity contribution in [3.63, 3.8) is 0 Å². The summed E-state index contributed by atoms with van der Waals surface area (Å²) in [6.07, 6.45) is 3.03. The Morgan fingerprint density at radius 1 is 1.26 bits per heavy atom. The molecule has 0 unspecified atom stereocenters. The number of likely N-dealkylation sites (tertiary alicyclic amines) is 1. The van der Waals surface area contributed by atoms with E-state index >= 15 is 0 Å². The van der Waals surface area contributed by atoms with E-state index in [0.717, 1.165) is 5.56 Å². The lowest BCUT2D eigenvalue weighted by Crippen LogP contribution is -2.48. The van der Waals surface area contributed by atoms with Crippen LogP contribution in [-0.2, 0) is 9.53 Å². The number of hydrazine groups is 1. The first kappa shape index (κ1) is 26.2. The monoisotopic (exact) mass is 510 g/mol. The van der Waals surface area contributed by atoms with Gasteiger partial charge in [-0.2, -0.15) is 0 Å². The number of rotatable bonds is 5. The molecule has 0 bridgehead atoms. The summed E-state index contributed by atoms with van der Waals surface area (Å²) in [5, 5.41) is 0.903. The molecule has 2 aliphatic heterocycles. The van der Waals surface area contributed by atoms with Gasteiger partial charge in [0.15, 0.2) is 0 Å². The maximum Gasteiger partial charge on any atom is 0.410 e. The first-order chi connectivity index (χ1) is 16.1. The zero-order valence-electron chi connectivity index (χ0n) is 19.8. The second kappa shape index (κ2) is 11.3. The molecule has 0 radical (unpaired) electrons. The molecule has 8 nitrogen and oxygen atoms in total. The molecule has 0 spiro atoms. The molecule has 0 aromatic heterocycles. The minimum Gasteiger partial charge on any atom is -0.489 e. The molecule has 0 saturated carbocycles. The summed E-state index contributed by atoms with van der Waals surface area (Å²) in [7, 11) is 0. The van der Waals surface area contributed by atoms with Crippen molar-refractivity contribution in [2.24, 2.45) is 10.9 Å². The van der Waals surface area contributed by atoms with E-state index in [9.17, 15) is 9.59 Å². The van der Waals surface area contributed by atoms with Crippen molar-refractivity contribution in [3.05, 3.63) is 40.4 Å². The van der Waals surface area contributed by atoms with Crippen molar-refractivity contribution in [3.8, 4) is 5.75 Å². The first-order valence-electron chi connectivity index (χ1n) is 11.4. The Hall–Kier alpha value is -2.45. The standard InChI is InChI=1S/C24H32Cl2N4O4/c1-5-12-33-18-7-6-17(25)21(26)20(18)16-13-19(27-14-16)28-29-22(31)15-8-10-30(11-9-15)23(32)34-24(2,3)4/h5-7,15-16H,1,8-14H2,2-4H3,(H,27,28)(H,29,31)/t16-/m1/s1. The van der Waals surface area contributed by atoms with Crippen molar-refractivity contribution in [2.45, 2.75) is 51.6 Å². The van der Waals surface area contributed by atoms with Crippen molar-refractivity contribution >= 4 is 41.0 Å². The van der Waals surface area contributed by atoms with Gasteiger partial charge in [0, 0.05) is 43.5 Å². The highest BCUT2D eigenvalue weighted by Crippen LogP contribution is 2.41. The topological polar surface area (TPSA) is 92.3 Å². The average molecular weight is 511 g/mol. The van der Waals surface area contributed by atoms with Crippen LogP contribution in [0.1, 0.15) is 51.5 Å². The quantitative estimate of drug-likeness (QED) is 0.441. The van der Waals surface area contributed by atoms with Crippen molar-refractivity contribution in [2.75, 3.05) is 26.2 Å². The second-order valence-electron chi connectivity index (χ2n) is 9.42. The molecule has 2 aliphatic rings. The molecule has 186 valence electrons. The number of amidine groups is 1. The second-order valence-corrected chi connectivity index (χ2v) is 10.2. The molecule has 2 amide bonds. The van der Waals surface area contributed by atoms with Crippen LogP contribution in [-0.4, -0.2) is 54.6 Å². The van der Waals surface area contributed by atoms with Crippen LogP contribution in [0, 0.1) is 5.92 Å². The average Bonchev–Trinajstić information content (AvgIpc) is 3.25. The van der Waals surface area contributed by atoms with Crippen molar-refractivity contribution in [1.82, 2.24) is 15.8 Å². The predicted molar refractivity (Wildman–Crippen MR) is 134 cm³/mol. The smallest absolute Gasteiger partial charge is 0.410 e. The maximum atomic E-state index is 12.7. The third-order valence-electron chi connectivity index (χ3n) is 5.65. The van der Waals surface area contributed by atoms with Gasteiger partial charge < -0.3 is 14.4 Å². The number of piperidine rings is 1. The van der Waals surface area contributed by atoms with E-state index < -0.39 is 5.60 Å². The Morgan fingerprint density at radius 2 is 1.97 bits per heavy atom. The molecule has 1 aromatic carbocycles. The van der Waals surface area contributed by atoms with E-state index in [1.54, 1.807) is 23.1 Å². The van der Waals surface area contributed by atoms with Crippen LogP contribution in [0.3, 0.4) is 0 Å². The highest BCUT2D eigenvalue weighted by atomic mass is 35.5. The van der Waals surface area contributed by atoms with Crippen LogP contribution in [0.4, 0.5) is 4.79 Å². The number of hydrogen-bond donors (Lipinski definition) is 2. The van der Waals surface area contributed by atoms with Crippen LogP contribution in [0.5, 0.6) is 5.75 Å². The highest BCUT2D eigenvalue weighted by molar-refractivity contribution is 6.42. The van der Waals surface area contributed by atoms with Gasteiger partial charge in [-0.15, -0.1) is 0 Å². The van der Waals surface area contributed by atoms with E-state index in [4.69, 9.17) is 32.7 Å². The Balaban J connectivity index is 1.49. The van der Waals surface area contributed by atoms with Crippen LogP contribution >= 0.6 is 23.2 Å². The van der Waals surface area contributed by atoms with Crippen LogP contribution in [0.2, 0.25) is 10.0 Å². The fraction of sp³-hybridized carbons (Fsp3) is 0.542. The Kier molecular flexibility index (Phi) is 8.71. The number of nitrogens with zero attached hydrogens (tertiary/aromatic N) is 2. The van der Waals surface area contributed by atoms with Crippen molar-refractivity contribution in [1.29, 1.82) is 0 Å². The van der Waals surface area contributed by atoms with Crippen LogP contribution < -0.4 is 15.6 Å². The maximum absolute atomic E-state index is 12.7. The van der Waals surface area contributed by atoms with Crippen LogP contribution in [0.25, 0.3) is 0 Å². The number of halogens is 2. The summed E-state index contributed by atoms with van der Waals surface area (Å²) in [4.78, 5) is 31.0. The number of nitrogens with one attached hydrogen (secondary N) is 2. The lowest BCUT2D eigenvalue weighted by molar-refractivity contribution is -0.127. The van der Waals surface area contributed by atoms with Gasteiger partial charge in [-0.1, -0.05) is 35.9 Å². The molecule has 2 N–H and O–H groups in total. The number of aliphatic imine (C=N–C) groups is 1. The van der Waals surface area contributed by atoms with Gasteiger partial charge in [0.2, 0.25) is 5.91 Å². The molecule has 1 aromatic rings. The molecule has 2 heterocycles. The highest BCUT2D eigenvalue weighted by Gasteiger charge is 2.31. The van der Waals surface area contributed by atoms with Crippen LogP contribution in [0.15, 0.2) is 29.8 Å². The molecule has 10 heteroatoms. The van der Waals surface area contributed by atoms with Gasteiger partial charge in [0.1, 0.15) is 23.8 Å². The molecule has 1 fully saturated rings. The SMILES string of the molecule is C=CCOc1ccc(Cl)c(Cl)c1[C@H]1CN=C(NNC(=O)C2CCN(C(=O)OC(C)(C)C)CC2)C1.